The molecule has 1 saturated carbocycles. The van der Waals surface area contributed by atoms with Gasteiger partial charge in [-0.05, 0) is 68.5 Å². The molecule has 1 fully saturated rings. The van der Waals surface area contributed by atoms with E-state index >= 15 is 0 Å². The van der Waals surface area contributed by atoms with Gasteiger partial charge >= 0.3 is 0 Å². The van der Waals surface area contributed by atoms with Crippen molar-refractivity contribution in [2.75, 3.05) is 10.6 Å². The maximum absolute atomic E-state index is 9.71. The summed E-state index contributed by atoms with van der Waals surface area (Å²) in [5.41, 5.74) is 3.98. The van der Waals surface area contributed by atoms with Crippen LogP contribution in [0.25, 0.3) is 21.3 Å². The molecule has 1 aromatic carbocycles. The number of nitrogens with zero attached hydrogens (tertiary/aromatic N) is 3. The molecule has 4 aromatic rings. The third kappa shape index (κ3) is 5.14. The van der Waals surface area contributed by atoms with E-state index in [0.717, 1.165) is 69.4 Å². The highest BCUT2D eigenvalue weighted by atomic mass is 32.1. The van der Waals surface area contributed by atoms with Gasteiger partial charge in [-0.15, -0.1) is 5.92 Å². The Morgan fingerprint density at radius 3 is 2.67 bits per heavy atom. The van der Waals surface area contributed by atoms with Crippen LogP contribution in [0.15, 0.2) is 54.9 Å². The van der Waals surface area contributed by atoms with Crippen LogP contribution in [0.1, 0.15) is 38.2 Å². The summed E-state index contributed by atoms with van der Waals surface area (Å²) < 4.78 is 1.09. The topological polar surface area (TPSA) is 83.0 Å². The number of pyridine rings is 2. The molecule has 0 aliphatic heterocycles. The van der Waals surface area contributed by atoms with Gasteiger partial charge in [-0.2, -0.15) is 0 Å². The molecule has 3 N–H and O–H groups in total. The number of benzene rings is 1. The molecule has 0 radical (unpaired) electrons. The number of nitrogens with one attached hydrogen (secondary N) is 2. The Labute approximate surface area is 197 Å². The van der Waals surface area contributed by atoms with Gasteiger partial charge in [0.2, 0.25) is 0 Å². The van der Waals surface area contributed by atoms with E-state index < -0.39 is 0 Å². The lowest BCUT2D eigenvalue weighted by Gasteiger charge is -2.26. The van der Waals surface area contributed by atoms with E-state index in [0.29, 0.717) is 6.04 Å². The average molecular weight is 456 g/mol. The van der Waals surface area contributed by atoms with E-state index in [9.17, 15) is 5.11 Å². The van der Waals surface area contributed by atoms with Gasteiger partial charge in [0.15, 0.2) is 5.13 Å². The third-order valence-corrected chi connectivity index (χ3v) is 6.70. The van der Waals surface area contributed by atoms with Crippen molar-refractivity contribution in [2.45, 2.75) is 44.8 Å². The number of rotatable bonds is 5. The fourth-order valence-electron chi connectivity index (χ4n) is 4.09. The minimum absolute atomic E-state index is 0.159. The van der Waals surface area contributed by atoms with Gasteiger partial charge in [0, 0.05) is 29.6 Å². The van der Waals surface area contributed by atoms with E-state index in [1.54, 1.807) is 17.5 Å². The molecule has 33 heavy (non-hydrogen) atoms. The molecule has 0 bridgehead atoms. The molecule has 166 valence electrons. The quantitative estimate of drug-likeness (QED) is 0.341. The van der Waals surface area contributed by atoms with Crippen LogP contribution in [-0.2, 0) is 0 Å². The van der Waals surface area contributed by atoms with Crippen molar-refractivity contribution in [3.8, 4) is 23.0 Å². The molecule has 5 rings (SSSR count). The van der Waals surface area contributed by atoms with Crippen LogP contribution >= 0.6 is 11.3 Å². The molecule has 0 atom stereocenters. The SMILES string of the molecule is CC#Cc1cncc(-c2ccc3nc(Nc4cccc(NC5CCC(O)CC5)n4)sc3c2)c1. The molecule has 3 aromatic heterocycles. The van der Waals surface area contributed by atoms with E-state index in [2.05, 4.69) is 45.7 Å². The van der Waals surface area contributed by atoms with Gasteiger partial charge in [-0.3, -0.25) is 4.98 Å². The summed E-state index contributed by atoms with van der Waals surface area (Å²) in [7, 11) is 0. The summed E-state index contributed by atoms with van der Waals surface area (Å²) in [5, 5.41) is 17.4. The molecule has 1 aliphatic rings. The van der Waals surface area contributed by atoms with Crippen molar-refractivity contribution in [1.29, 1.82) is 0 Å². The first-order valence-corrected chi connectivity index (χ1v) is 12.0. The van der Waals surface area contributed by atoms with Crippen molar-refractivity contribution >= 4 is 38.3 Å². The smallest absolute Gasteiger partial charge is 0.189 e. The van der Waals surface area contributed by atoms with Crippen LogP contribution in [0.3, 0.4) is 0 Å². The summed E-state index contributed by atoms with van der Waals surface area (Å²) in [6.45, 7) is 1.83. The number of fused-ring (bicyclic) bond motifs is 1. The molecule has 1 aliphatic carbocycles. The fraction of sp³-hybridized carbons (Fsp3) is 0.269. The van der Waals surface area contributed by atoms with E-state index in [1.165, 1.54) is 0 Å². The Balaban J connectivity index is 1.32. The monoisotopic (exact) mass is 455 g/mol. The van der Waals surface area contributed by atoms with Crippen molar-refractivity contribution in [1.82, 2.24) is 15.0 Å². The molecular formula is C26H25N5OS. The summed E-state index contributed by atoms with van der Waals surface area (Å²) in [6.07, 6.45) is 7.09. The van der Waals surface area contributed by atoms with Gasteiger partial charge in [0.05, 0.1) is 16.3 Å². The predicted molar refractivity (Wildman–Crippen MR) is 135 cm³/mol. The molecule has 0 spiro atoms. The van der Waals surface area contributed by atoms with Gasteiger partial charge in [0.1, 0.15) is 11.6 Å². The van der Waals surface area contributed by atoms with Crippen LogP contribution < -0.4 is 10.6 Å². The van der Waals surface area contributed by atoms with Crippen molar-refractivity contribution in [2.24, 2.45) is 0 Å². The molecule has 0 unspecified atom stereocenters. The Morgan fingerprint density at radius 2 is 1.82 bits per heavy atom. The number of aliphatic hydroxyl groups is 1. The Bertz CT molecular complexity index is 1330. The lowest BCUT2D eigenvalue weighted by atomic mass is 9.93. The lowest BCUT2D eigenvalue weighted by molar-refractivity contribution is 0.126. The van der Waals surface area contributed by atoms with E-state index in [1.807, 2.05) is 37.4 Å². The fourth-order valence-corrected chi connectivity index (χ4v) is 5.00. The number of hydrogen-bond acceptors (Lipinski definition) is 7. The van der Waals surface area contributed by atoms with Crippen LogP contribution in [0.4, 0.5) is 16.8 Å². The normalized spacial score (nSPS) is 17.9. The first-order valence-electron chi connectivity index (χ1n) is 11.1. The standard InChI is InChI=1S/C26H25N5OS/c1-2-4-17-13-19(16-27-15-17)18-7-12-22-23(14-18)33-26(29-22)31-25-6-3-5-24(30-25)28-20-8-10-21(32)11-9-20/h3,5-7,12-16,20-21,32H,8-11H2,1H3,(H2,28,29,30,31). The Hall–Kier alpha value is -3.47. The minimum Gasteiger partial charge on any atom is -0.393 e. The zero-order valence-corrected chi connectivity index (χ0v) is 19.2. The van der Waals surface area contributed by atoms with Gasteiger partial charge in [-0.1, -0.05) is 29.4 Å². The van der Waals surface area contributed by atoms with Crippen LogP contribution in [0.2, 0.25) is 0 Å². The summed E-state index contributed by atoms with van der Waals surface area (Å²) >= 11 is 1.60. The number of anilines is 3. The van der Waals surface area contributed by atoms with Gasteiger partial charge in [-0.25, -0.2) is 9.97 Å². The first-order chi connectivity index (χ1) is 16.2. The van der Waals surface area contributed by atoms with Crippen molar-refractivity contribution in [3.63, 3.8) is 0 Å². The average Bonchev–Trinajstić information content (AvgIpc) is 3.23. The van der Waals surface area contributed by atoms with Crippen LogP contribution in [0.5, 0.6) is 0 Å². The number of thiazole rings is 1. The third-order valence-electron chi connectivity index (χ3n) is 5.76. The van der Waals surface area contributed by atoms with Crippen LogP contribution in [-0.4, -0.2) is 32.2 Å². The Morgan fingerprint density at radius 1 is 0.970 bits per heavy atom. The zero-order chi connectivity index (χ0) is 22.6. The maximum atomic E-state index is 9.71. The zero-order valence-electron chi connectivity index (χ0n) is 18.4. The maximum Gasteiger partial charge on any atom is 0.189 e. The lowest BCUT2D eigenvalue weighted by Crippen LogP contribution is -2.28. The molecule has 0 amide bonds. The summed E-state index contributed by atoms with van der Waals surface area (Å²) in [6, 6.07) is 14.6. The van der Waals surface area contributed by atoms with Crippen molar-refractivity contribution in [3.05, 3.63) is 60.4 Å². The molecule has 7 heteroatoms. The highest BCUT2D eigenvalue weighted by Gasteiger charge is 2.19. The number of aromatic nitrogens is 3. The number of hydrogen-bond donors (Lipinski definition) is 3. The summed E-state index contributed by atoms with van der Waals surface area (Å²) in [4.78, 5) is 13.7. The van der Waals surface area contributed by atoms with Gasteiger partial charge in [0.25, 0.3) is 0 Å². The molecular weight excluding hydrogens is 430 g/mol. The second kappa shape index (κ2) is 9.57. The highest BCUT2D eigenvalue weighted by Crippen LogP contribution is 2.32. The highest BCUT2D eigenvalue weighted by molar-refractivity contribution is 7.22. The van der Waals surface area contributed by atoms with Crippen molar-refractivity contribution < 1.29 is 5.11 Å². The largest absolute Gasteiger partial charge is 0.393 e. The molecule has 6 nitrogen and oxygen atoms in total. The summed E-state index contributed by atoms with van der Waals surface area (Å²) in [5.74, 6) is 7.58. The van der Waals surface area contributed by atoms with E-state index in [-0.39, 0.29) is 6.10 Å². The second-order valence-corrected chi connectivity index (χ2v) is 9.25. The Kier molecular flexibility index (Phi) is 6.20. The molecule has 3 heterocycles. The van der Waals surface area contributed by atoms with E-state index in [4.69, 9.17) is 9.97 Å². The number of aliphatic hydroxyl groups excluding tert-OH is 1. The minimum atomic E-state index is -0.159. The van der Waals surface area contributed by atoms with Crippen LogP contribution in [0, 0.1) is 11.8 Å². The predicted octanol–water partition coefficient (Wildman–Crippen LogP) is 5.58. The second-order valence-electron chi connectivity index (χ2n) is 8.22. The molecule has 0 saturated heterocycles. The van der Waals surface area contributed by atoms with Gasteiger partial charge < -0.3 is 15.7 Å². The first kappa shape index (κ1) is 21.4.